The van der Waals surface area contributed by atoms with Crippen molar-refractivity contribution in [2.24, 2.45) is 0 Å². The van der Waals surface area contributed by atoms with Crippen LogP contribution in [0.5, 0.6) is 0 Å². The topological polar surface area (TPSA) is 29.3 Å². The van der Waals surface area contributed by atoms with E-state index in [0.717, 1.165) is 31.0 Å². The van der Waals surface area contributed by atoms with Crippen molar-refractivity contribution in [3.63, 3.8) is 0 Å². The predicted octanol–water partition coefficient (Wildman–Crippen LogP) is 4.75. The largest absolute Gasteiger partial charge is 0.359 e. The summed E-state index contributed by atoms with van der Waals surface area (Å²) in [6.07, 6.45) is 2.39. The molecule has 2 aromatic rings. The molecule has 0 radical (unpaired) electrons. The number of likely N-dealkylation sites (tertiary alicyclic amines) is 1. The van der Waals surface area contributed by atoms with E-state index >= 15 is 0 Å². The summed E-state index contributed by atoms with van der Waals surface area (Å²) < 4.78 is 5.64. The number of benzene rings is 1. The van der Waals surface area contributed by atoms with Crippen molar-refractivity contribution in [1.82, 2.24) is 10.1 Å². The molecule has 0 N–H and O–H groups in total. The lowest BCUT2D eigenvalue weighted by molar-refractivity contribution is 0.206. The van der Waals surface area contributed by atoms with Crippen LogP contribution >= 0.6 is 0 Å². The first-order valence-electron chi connectivity index (χ1n) is 8.31. The van der Waals surface area contributed by atoms with Crippen LogP contribution in [0, 0.1) is 13.8 Å². The molecule has 1 aliphatic heterocycles. The van der Waals surface area contributed by atoms with Gasteiger partial charge in [0.05, 0.1) is 11.7 Å². The molecule has 1 saturated heterocycles. The van der Waals surface area contributed by atoms with Crippen molar-refractivity contribution in [3.05, 3.63) is 52.4 Å². The first-order chi connectivity index (χ1) is 10.5. The van der Waals surface area contributed by atoms with Gasteiger partial charge < -0.3 is 4.52 Å². The van der Waals surface area contributed by atoms with Crippen molar-refractivity contribution < 1.29 is 4.52 Å². The smallest absolute Gasteiger partial charge is 0.154 e. The highest BCUT2D eigenvalue weighted by atomic mass is 16.5. The molecule has 3 rings (SSSR count). The summed E-state index contributed by atoms with van der Waals surface area (Å²) in [7, 11) is 0. The molecule has 118 valence electrons. The standard InChI is InChI=1S/C19H26N2O/c1-13(2)17-11-19(22-20-17)18-6-5-9-21(18)12-16-10-14(3)7-8-15(16)4/h7-8,10-11,13,18H,5-6,9,12H2,1-4H3. The lowest BCUT2D eigenvalue weighted by atomic mass is 10.0. The molecule has 1 aliphatic rings. The third-order valence-corrected chi connectivity index (χ3v) is 4.71. The number of aryl methyl sites for hydroxylation is 2. The average Bonchev–Trinajstić information content (AvgIpc) is 3.11. The number of aromatic nitrogens is 1. The van der Waals surface area contributed by atoms with E-state index in [1.54, 1.807) is 0 Å². The molecule has 1 aromatic carbocycles. The zero-order valence-corrected chi connectivity index (χ0v) is 14.1. The normalized spacial score (nSPS) is 19.2. The highest BCUT2D eigenvalue weighted by Gasteiger charge is 2.29. The monoisotopic (exact) mass is 298 g/mol. The summed E-state index contributed by atoms with van der Waals surface area (Å²) in [6, 6.07) is 9.24. The lowest BCUT2D eigenvalue weighted by Crippen LogP contribution is -2.23. The van der Waals surface area contributed by atoms with Gasteiger partial charge in [-0.1, -0.05) is 42.8 Å². The number of rotatable bonds is 4. The van der Waals surface area contributed by atoms with Crippen molar-refractivity contribution in [3.8, 4) is 0 Å². The average molecular weight is 298 g/mol. The highest BCUT2D eigenvalue weighted by Crippen LogP contribution is 2.34. The minimum Gasteiger partial charge on any atom is -0.359 e. The number of hydrogen-bond acceptors (Lipinski definition) is 3. The second-order valence-electron chi connectivity index (χ2n) is 6.87. The summed E-state index contributed by atoms with van der Waals surface area (Å²) in [4.78, 5) is 2.53. The first-order valence-corrected chi connectivity index (χ1v) is 8.31. The fraction of sp³-hybridized carbons (Fsp3) is 0.526. The minimum absolute atomic E-state index is 0.375. The van der Waals surface area contributed by atoms with Crippen LogP contribution in [0.15, 0.2) is 28.8 Å². The van der Waals surface area contributed by atoms with Gasteiger partial charge in [-0.3, -0.25) is 4.90 Å². The quantitative estimate of drug-likeness (QED) is 0.815. The maximum atomic E-state index is 5.64. The van der Waals surface area contributed by atoms with Gasteiger partial charge in [0, 0.05) is 12.6 Å². The molecule has 1 unspecified atom stereocenters. The van der Waals surface area contributed by atoms with Gasteiger partial charge in [-0.05, 0) is 50.3 Å². The van der Waals surface area contributed by atoms with E-state index in [-0.39, 0.29) is 0 Å². The Morgan fingerprint density at radius 1 is 1.27 bits per heavy atom. The summed E-state index contributed by atoms with van der Waals surface area (Å²) in [6.45, 7) is 10.8. The van der Waals surface area contributed by atoms with E-state index in [1.165, 1.54) is 23.1 Å². The SMILES string of the molecule is Cc1ccc(C)c(CN2CCCC2c2cc(C(C)C)no2)c1. The van der Waals surface area contributed by atoms with E-state index < -0.39 is 0 Å². The van der Waals surface area contributed by atoms with Crippen molar-refractivity contribution in [2.45, 2.75) is 59.0 Å². The number of nitrogens with zero attached hydrogens (tertiary/aromatic N) is 2. The fourth-order valence-electron chi connectivity index (χ4n) is 3.26. The molecule has 0 spiro atoms. The fourth-order valence-corrected chi connectivity index (χ4v) is 3.26. The molecule has 0 bridgehead atoms. The maximum absolute atomic E-state index is 5.64. The molecule has 22 heavy (non-hydrogen) atoms. The molecule has 0 amide bonds. The van der Waals surface area contributed by atoms with E-state index in [1.807, 2.05) is 0 Å². The molecule has 0 aliphatic carbocycles. The highest BCUT2D eigenvalue weighted by molar-refractivity contribution is 5.30. The molecule has 3 nitrogen and oxygen atoms in total. The van der Waals surface area contributed by atoms with Crippen LogP contribution in [-0.4, -0.2) is 16.6 Å². The predicted molar refractivity (Wildman–Crippen MR) is 88.9 cm³/mol. The zero-order chi connectivity index (χ0) is 15.7. The molecular formula is C19H26N2O. The Labute approximate surface area is 133 Å². The van der Waals surface area contributed by atoms with Gasteiger partial charge in [0.15, 0.2) is 5.76 Å². The van der Waals surface area contributed by atoms with Gasteiger partial charge in [0.25, 0.3) is 0 Å². The van der Waals surface area contributed by atoms with Gasteiger partial charge in [0.1, 0.15) is 0 Å². The second kappa shape index (κ2) is 6.25. The zero-order valence-electron chi connectivity index (χ0n) is 14.1. The van der Waals surface area contributed by atoms with Crippen LogP contribution in [0.1, 0.15) is 66.8 Å². The Kier molecular flexibility index (Phi) is 4.34. The van der Waals surface area contributed by atoms with Crippen LogP contribution in [0.25, 0.3) is 0 Å². The van der Waals surface area contributed by atoms with Crippen LogP contribution in [0.2, 0.25) is 0 Å². The lowest BCUT2D eigenvalue weighted by Gasteiger charge is -2.23. The van der Waals surface area contributed by atoms with Gasteiger partial charge in [-0.15, -0.1) is 0 Å². The van der Waals surface area contributed by atoms with E-state index in [4.69, 9.17) is 4.52 Å². The summed E-state index contributed by atoms with van der Waals surface area (Å²) >= 11 is 0. The van der Waals surface area contributed by atoms with Gasteiger partial charge in [-0.25, -0.2) is 0 Å². The Hall–Kier alpha value is -1.61. The van der Waals surface area contributed by atoms with E-state index in [2.05, 4.69) is 62.0 Å². The van der Waals surface area contributed by atoms with Crippen LogP contribution in [0.4, 0.5) is 0 Å². The maximum Gasteiger partial charge on any atom is 0.154 e. The Morgan fingerprint density at radius 3 is 2.82 bits per heavy atom. The van der Waals surface area contributed by atoms with Crippen LogP contribution in [0.3, 0.4) is 0 Å². The third-order valence-electron chi connectivity index (χ3n) is 4.71. The number of hydrogen-bond donors (Lipinski definition) is 0. The van der Waals surface area contributed by atoms with E-state index in [9.17, 15) is 0 Å². The molecule has 1 atom stereocenters. The Balaban J connectivity index is 1.79. The van der Waals surface area contributed by atoms with E-state index in [0.29, 0.717) is 12.0 Å². The Bertz CT molecular complexity index is 645. The Morgan fingerprint density at radius 2 is 2.09 bits per heavy atom. The van der Waals surface area contributed by atoms with Gasteiger partial charge in [-0.2, -0.15) is 0 Å². The molecule has 1 aromatic heterocycles. The minimum atomic E-state index is 0.375. The molecular weight excluding hydrogens is 272 g/mol. The summed E-state index contributed by atoms with van der Waals surface area (Å²) in [5.41, 5.74) is 5.19. The molecule has 3 heteroatoms. The van der Waals surface area contributed by atoms with Crippen molar-refractivity contribution in [2.75, 3.05) is 6.54 Å². The van der Waals surface area contributed by atoms with Gasteiger partial charge >= 0.3 is 0 Å². The van der Waals surface area contributed by atoms with Crippen LogP contribution < -0.4 is 0 Å². The van der Waals surface area contributed by atoms with Crippen molar-refractivity contribution >= 4 is 0 Å². The summed E-state index contributed by atoms with van der Waals surface area (Å²) in [5, 5.41) is 4.23. The first kappa shape index (κ1) is 15.3. The molecule has 2 heterocycles. The van der Waals surface area contributed by atoms with Gasteiger partial charge in [0.2, 0.25) is 0 Å². The van der Waals surface area contributed by atoms with Crippen LogP contribution in [-0.2, 0) is 6.54 Å². The third kappa shape index (κ3) is 3.09. The second-order valence-corrected chi connectivity index (χ2v) is 6.87. The molecule has 1 fully saturated rings. The summed E-state index contributed by atoms with van der Waals surface area (Å²) in [5.74, 6) is 1.46. The molecule has 0 saturated carbocycles. The van der Waals surface area contributed by atoms with Crippen molar-refractivity contribution in [1.29, 1.82) is 0 Å².